The molecule has 1 aliphatic carbocycles. The molecule has 2 heterocycles. The van der Waals surface area contributed by atoms with Gasteiger partial charge < -0.3 is 14.2 Å². The van der Waals surface area contributed by atoms with E-state index in [9.17, 15) is 4.79 Å². The van der Waals surface area contributed by atoms with Gasteiger partial charge in [0, 0.05) is 12.0 Å². The molecule has 0 bridgehead atoms. The van der Waals surface area contributed by atoms with Crippen LogP contribution in [0.3, 0.4) is 0 Å². The molecule has 1 amide bonds. The molecule has 4 aromatic rings. The van der Waals surface area contributed by atoms with Crippen molar-refractivity contribution in [3.8, 4) is 5.75 Å². The maximum atomic E-state index is 12.2. The summed E-state index contributed by atoms with van der Waals surface area (Å²) in [6.07, 6.45) is 8.26. The number of amides is 1. The largest absolute Gasteiger partial charge is 0.492 e. The van der Waals surface area contributed by atoms with Gasteiger partial charge in [-0.3, -0.25) is 0 Å². The molecule has 1 aromatic heterocycles. The summed E-state index contributed by atoms with van der Waals surface area (Å²) >= 11 is 0. The van der Waals surface area contributed by atoms with Crippen LogP contribution in [0.2, 0.25) is 0 Å². The third kappa shape index (κ3) is 7.24. The number of nitrogens with two attached hydrogens (primary N) is 1. The molecule has 1 saturated carbocycles. The third-order valence-corrected chi connectivity index (χ3v) is 8.55. The second-order valence-corrected chi connectivity index (χ2v) is 13.0. The summed E-state index contributed by atoms with van der Waals surface area (Å²) in [5.41, 5.74) is 6.66. The number of hydrazine groups is 1. The van der Waals surface area contributed by atoms with Crippen molar-refractivity contribution < 1.29 is 19.0 Å². The first kappa shape index (κ1) is 30.9. The van der Waals surface area contributed by atoms with Gasteiger partial charge in [-0.15, -0.1) is 0 Å². The van der Waals surface area contributed by atoms with Gasteiger partial charge in [-0.2, -0.15) is 5.10 Å². The van der Waals surface area contributed by atoms with Crippen LogP contribution < -0.4 is 10.6 Å². The first-order valence-corrected chi connectivity index (χ1v) is 16.1. The van der Waals surface area contributed by atoms with Crippen LogP contribution in [0.5, 0.6) is 5.75 Å². The maximum absolute atomic E-state index is 12.2. The van der Waals surface area contributed by atoms with Crippen LogP contribution in [0.15, 0.2) is 79.0 Å². The molecule has 236 valence electrons. The van der Waals surface area contributed by atoms with Crippen molar-refractivity contribution in [3.05, 3.63) is 95.7 Å². The number of hydrogen-bond acceptors (Lipinski definition) is 6. The SMILES string of the molecule is CC(C)(C)OC(=O)N(N)CCOc1ccc(/C(=C(\c2ccccc2)C2CCC2)c2ccc3c(cnn3C3CCCCO3)c2)cc1. The smallest absolute Gasteiger partial charge is 0.424 e. The van der Waals surface area contributed by atoms with E-state index >= 15 is 0 Å². The first-order chi connectivity index (χ1) is 21.8. The van der Waals surface area contributed by atoms with E-state index in [1.807, 2.05) is 43.8 Å². The first-order valence-electron chi connectivity index (χ1n) is 16.1. The lowest BCUT2D eigenvalue weighted by molar-refractivity contribution is -0.0366. The summed E-state index contributed by atoms with van der Waals surface area (Å²) in [5.74, 6) is 7.10. The molecule has 8 nitrogen and oxygen atoms in total. The van der Waals surface area contributed by atoms with E-state index in [4.69, 9.17) is 25.2 Å². The van der Waals surface area contributed by atoms with Crippen molar-refractivity contribution >= 4 is 28.1 Å². The minimum absolute atomic E-state index is 0.00463. The van der Waals surface area contributed by atoms with Crippen LogP contribution in [0.25, 0.3) is 22.0 Å². The van der Waals surface area contributed by atoms with E-state index in [0.29, 0.717) is 11.7 Å². The van der Waals surface area contributed by atoms with E-state index in [-0.39, 0.29) is 19.4 Å². The zero-order valence-electron chi connectivity index (χ0n) is 26.6. The van der Waals surface area contributed by atoms with E-state index < -0.39 is 11.7 Å². The molecule has 1 unspecified atom stereocenters. The van der Waals surface area contributed by atoms with Crippen LogP contribution in [0.4, 0.5) is 4.79 Å². The highest BCUT2D eigenvalue weighted by Gasteiger charge is 2.28. The molecule has 45 heavy (non-hydrogen) atoms. The number of ether oxygens (including phenoxy) is 3. The number of benzene rings is 3. The zero-order chi connectivity index (χ0) is 31.4. The van der Waals surface area contributed by atoms with E-state index in [0.717, 1.165) is 47.3 Å². The monoisotopic (exact) mass is 608 g/mol. The normalized spacial score (nSPS) is 17.8. The van der Waals surface area contributed by atoms with E-state index in [1.54, 1.807) is 0 Å². The number of fused-ring (bicyclic) bond motifs is 1. The summed E-state index contributed by atoms with van der Waals surface area (Å²) in [4.78, 5) is 12.2. The van der Waals surface area contributed by atoms with Gasteiger partial charge in [0.2, 0.25) is 0 Å². The van der Waals surface area contributed by atoms with Crippen LogP contribution in [-0.2, 0) is 9.47 Å². The highest BCUT2D eigenvalue weighted by atomic mass is 16.6. The Kier molecular flexibility index (Phi) is 9.24. The number of carbonyl (C=O) groups is 1. The highest BCUT2D eigenvalue weighted by Crippen LogP contribution is 2.45. The second kappa shape index (κ2) is 13.5. The molecule has 1 atom stereocenters. The Morgan fingerprint density at radius 3 is 2.38 bits per heavy atom. The van der Waals surface area contributed by atoms with Gasteiger partial charge in [0.05, 0.1) is 18.3 Å². The van der Waals surface area contributed by atoms with Gasteiger partial charge in [-0.25, -0.2) is 20.3 Å². The van der Waals surface area contributed by atoms with Crippen molar-refractivity contribution in [2.45, 2.75) is 71.1 Å². The minimum atomic E-state index is -0.608. The molecule has 2 N–H and O–H groups in total. The molecular formula is C37H44N4O4. The fraction of sp³-hybridized carbons (Fsp3) is 0.405. The number of nitrogens with zero attached hydrogens (tertiary/aromatic N) is 3. The Morgan fingerprint density at radius 2 is 1.71 bits per heavy atom. The summed E-state index contributed by atoms with van der Waals surface area (Å²) in [5, 5.41) is 6.91. The Bertz CT molecular complexity index is 1630. The zero-order valence-corrected chi connectivity index (χ0v) is 26.6. The molecule has 3 aromatic carbocycles. The predicted molar refractivity (Wildman–Crippen MR) is 177 cm³/mol. The van der Waals surface area contributed by atoms with E-state index in [2.05, 4.69) is 60.7 Å². The molecular weight excluding hydrogens is 564 g/mol. The average Bonchev–Trinajstić information content (AvgIpc) is 3.44. The van der Waals surface area contributed by atoms with Crippen LogP contribution in [-0.4, -0.2) is 46.2 Å². The van der Waals surface area contributed by atoms with Gasteiger partial charge in [0.25, 0.3) is 0 Å². The Morgan fingerprint density at radius 1 is 0.956 bits per heavy atom. The fourth-order valence-corrected chi connectivity index (χ4v) is 6.12. The van der Waals surface area contributed by atoms with Crippen molar-refractivity contribution in [3.63, 3.8) is 0 Å². The minimum Gasteiger partial charge on any atom is -0.492 e. The predicted octanol–water partition coefficient (Wildman–Crippen LogP) is 7.98. The highest BCUT2D eigenvalue weighted by molar-refractivity contribution is 6.01. The number of hydrogen-bond donors (Lipinski definition) is 1. The fourth-order valence-electron chi connectivity index (χ4n) is 6.12. The molecule has 6 rings (SSSR count). The summed E-state index contributed by atoms with van der Waals surface area (Å²) in [6, 6.07) is 25.7. The number of allylic oxidation sites excluding steroid dienone is 1. The molecule has 2 fully saturated rings. The molecule has 0 spiro atoms. The lowest BCUT2D eigenvalue weighted by Crippen LogP contribution is -2.43. The van der Waals surface area contributed by atoms with Crippen molar-refractivity contribution in [1.82, 2.24) is 14.8 Å². The third-order valence-electron chi connectivity index (χ3n) is 8.55. The van der Waals surface area contributed by atoms with Crippen molar-refractivity contribution in [2.24, 2.45) is 11.8 Å². The van der Waals surface area contributed by atoms with Gasteiger partial charge in [-0.05, 0) is 111 Å². The number of rotatable bonds is 9. The van der Waals surface area contributed by atoms with Crippen LogP contribution in [0.1, 0.15) is 82.2 Å². The number of aromatic nitrogens is 2. The van der Waals surface area contributed by atoms with Gasteiger partial charge in [0.15, 0.2) is 6.23 Å². The van der Waals surface area contributed by atoms with Gasteiger partial charge >= 0.3 is 6.09 Å². The Labute approximate surface area is 265 Å². The molecule has 1 saturated heterocycles. The molecule has 8 heteroatoms. The van der Waals surface area contributed by atoms with Crippen molar-refractivity contribution in [2.75, 3.05) is 19.8 Å². The topological polar surface area (TPSA) is 91.8 Å². The lowest BCUT2D eigenvalue weighted by Gasteiger charge is -2.31. The lowest BCUT2D eigenvalue weighted by atomic mass is 9.73. The van der Waals surface area contributed by atoms with Gasteiger partial charge in [0.1, 0.15) is 18.0 Å². The van der Waals surface area contributed by atoms with Gasteiger partial charge in [-0.1, -0.05) is 55.0 Å². The number of carbonyl (C=O) groups excluding carboxylic acids is 1. The average molecular weight is 609 g/mol. The van der Waals surface area contributed by atoms with Crippen molar-refractivity contribution in [1.29, 1.82) is 0 Å². The molecule has 2 aliphatic rings. The molecule has 1 aliphatic heterocycles. The maximum Gasteiger partial charge on any atom is 0.424 e. The molecule has 0 radical (unpaired) electrons. The second-order valence-electron chi connectivity index (χ2n) is 13.0. The van der Waals surface area contributed by atoms with E-state index in [1.165, 1.54) is 41.5 Å². The Balaban J connectivity index is 1.31. The summed E-state index contributed by atoms with van der Waals surface area (Å²) < 4.78 is 19.4. The van der Waals surface area contributed by atoms with Crippen LogP contribution in [0, 0.1) is 5.92 Å². The summed E-state index contributed by atoms with van der Waals surface area (Å²) in [6.45, 7) is 6.68. The quantitative estimate of drug-likeness (QED) is 0.0896. The Hall–Kier alpha value is -4.14. The summed E-state index contributed by atoms with van der Waals surface area (Å²) in [7, 11) is 0. The van der Waals surface area contributed by atoms with Crippen LogP contribution >= 0.6 is 0 Å². The standard InChI is InChI=1S/C37H44N4O4/c1-37(2,3)45-36(42)40(38)21-23-43-31-18-15-28(16-19-31)35(34(27-12-9-13-27)26-10-5-4-6-11-26)29-17-20-32-30(24-29)25-39-41(32)33-14-7-8-22-44-33/h4-6,10-11,15-20,24-25,27,33H,7-9,12-14,21-23,38H2,1-3H3/b35-34-.